The molecule has 4 rings (SSSR count). The second-order valence-corrected chi connectivity index (χ2v) is 8.86. The minimum atomic E-state index is -3.73. The molecule has 0 saturated carbocycles. The van der Waals surface area contributed by atoms with Crippen LogP contribution in [0.5, 0.6) is 0 Å². The van der Waals surface area contributed by atoms with Gasteiger partial charge in [-0.3, -0.25) is 0 Å². The molecule has 3 aromatic rings. The number of carboxylic acids is 1. The van der Waals surface area contributed by atoms with E-state index in [1.54, 1.807) is 6.07 Å². The Morgan fingerprint density at radius 2 is 1.76 bits per heavy atom. The second kappa shape index (κ2) is 7.55. The first-order valence-electron chi connectivity index (χ1n) is 9.19. The maximum atomic E-state index is 12.9. The van der Waals surface area contributed by atoms with Crippen LogP contribution < -0.4 is 0 Å². The summed E-state index contributed by atoms with van der Waals surface area (Å²) in [5, 5.41) is 10.0. The Balaban J connectivity index is 1.84. The van der Waals surface area contributed by atoms with Crippen molar-refractivity contribution in [3.63, 3.8) is 0 Å². The second-order valence-electron chi connectivity index (χ2n) is 6.92. The first-order chi connectivity index (χ1) is 13.9. The number of rotatable bonds is 4. The number of aromatic carboxylic acids is 1. The van der Waals surface area contributed by atoms with Gasteiger partial charge in [-0.2, -0.15) is 4.31 Å². The third kappa shape index (κ3) is 3.74. The van der Waals surface area contributed by atoms with Crippen LogP contribution in [-0.2, 0) is 14.8 Å². The Hall–Kier alpha value is -2.81. The van der Waals surface area contributed by atoms with E-state index in [-0.39, 0.29) is 23.5 Å². The summed E-state index contributed by atoms with van der Waals surface area (Å²) in [7, 11) is -3.73. The number of aryl methyl sites for hydroxylation is 1. The van der Waals surface area contributed by atoms with Gasteiger partial charge in [0, 0.05) is 24.0 Å². The van der Waals surface area contributed by atoms with Crippen molar-refractivity contribution >= 4 is 26.9 Å². The number of fused-ring (bicyclic) bond motifs is 1. The molecule has 2 aromatic carbocycles. The average Bonchev–Trinajstić information content (AvgIpc) is 2.73. The molecule has 2 heterocycles. The molecule has 29 heavy (non-hydrogen) atoms. The van der Waals surface area contributed by atoms with Crippen LogP contribution in [0.2, 0.25) is 0 Å². The zero-order valence-electron chi connectivity index (χ0n) is 15.8. The quantitative estimate of drug-likeness (QED) is 0.708. The van der Waals surface area contributed by atoms with Crippen LogP contribution in [0.25, 0.3) is 22.2 Å². The monoisotopic (exact) mass is 412 g/mol. The number of benzene rings is 2. The fourth-order valence-corrected chi connectivity index (χ4v) is 4.79. The summed E-state index contributed by atoms with van der Waals surface area (Å²) in [5.41, 5.74) is 2.86. The molecule has 150 valence electrons. The fourth-order valence-electron chi connectivity index (χ4n) is 3.35. The molecule has 1 aliphatic heterocycles. The summed E-state index contributed by atoms with van der Waals surface area (Å²) in [4.78, 5) is 16.5. The zero-order chi connectivity index (χ0) is 20.6. The topological polar surface area (TPSA) is 96.8 Å². The van der Waals surface area contributed by atoms with E-state index in [4.69, 9.17) is 4.74 Å². The van der Waals surface area contributed by atoms with E-state index in [1.807, 2.05) is 31.2 Å². The molecule has 0 spiro atoms. The van der Waals surface area contributed by atoms with E-state index in [9.17, 15) is 18.3 Å². The van der Waals surface area contributed by atoms with Crippen molar-refractivity contribution in [2.45, 2.75) is 11.8 Å². The molecule has 1 aromatic heterocycles. The highest BCUT2D eigenvalue weighted by atomic mass is 32.2. The lowest BCUT2D eigenvalue weighted by molar-refractivity contribution is 0.0699. The van der Waals surface area contributed by atoms with Crippen molar-refractivity contribution in [2.24, 2.45) is 0 Å². The first-order valence-corrected chi connectivity index (χ1v) is 10.6. The lowest BCUT2D eigenvalue weighted by atomic mass is 10.0. The molecule has 0 amide bonds. The van der Waals surface area contributed by atoms with Gasteiger partial charge >= 0.3 is 5.97 Å². The zero-order valence-corrected chi connectivity index (χ0v) is 16.6. The number of ether oxygens (including phenoxy) is 1. The van der Waals surface area contributed by atoms with Gasteiger partial charge in [0.05, 0.1) is 34.9 Å². The van der Waals surface area contributed by atoms with E-state index in [2.05, 4.69) is 4.98 Å². The van der Waals surface area contributed by atoms with E-state index >= 15 is 0 Å². The number of sulfonamides is 1. The third-order valence-corrected chi connectivity index (χ3v) is 6.86. The Labute approximate surface area is 168 Å². The number of hydrogen-bond donors (Lipinski definition) is 1. The third-order valence-electron chi connectivity index (χ3n) is 4.97. The largest absolute Gasteiger partial charge is 0.478 e. The van der Waals surface area contributed by atoms with Crippen LogP contribution in [-0.4, -0.2) is 55.1 Å². The summed E-state index contributed by atoms with van der Waals surface area (Å²) in [6.45, 7) is 3.20. The number of morpholine rings is 1. The molecule has 0 bridgehead atoms. The highest BCUT2D eigenvalue weighted by Gasteiger charge is 2.27. The molecular formula is C21H20N2O5S. The molecule has 1 N–H and O–H groups in total. The SMILES string of the molecule is Cc1ccc(-c2cc(C(=O)O)c3cc(S(=O)(=O)N4CCOCC4)ccc3n2)cc1. The molecule has 0 radical (unpaired) electrons. The molecular weight excluding hydrogens is 392 g/mol. The predicted octanol–water partition coefficient (Wildman–Crippen LogP) is 2.93. The van der Waals surface area contributed by atoms with E-state index in [0.717, 1.165) is 11.1 Å². The number of carboxylic acid groups (broad SMARTS) is 1. The highest BCUT2D eigenvalue weighted by molar-refractivity contribution is 7.89. The Morgan fingerprint density at radius 1 is 1.07 bits per heavy atom. The van der Waals surface area contributed by atoms with Gasteiger partial charge in [0.15, 0.2) is 0 Å². The smallest absolute Gasteiger partial charge is 0.336 e. The normalized spacial score (nSPS) is 15.5. The van der Waals surface area contributed by atoms with Gasteiger partial charge in [0.25, 0.3) is 0 Å². The van der Waals surface area contributed by atoms with Crippen molar-refractivity contribution in [1.82, 2.24) is 9.29 Å². The number of carbonyl (C=O) groups is 1. The average molecular weight is 412 g/mol. The van der Waals surface area contributed by atoms with Gasteiger partial charge in [-0.1, -0.05) is 29.8 Å². The molecule has 1 fully saturated rings. The summed E-state index contributed by atoms with van der Waals surface area (Å²) < 4.78 is 32.4. The van der Waals surface area contributed by atoms with Gasteiger partial charge in [0.2, 0.25) is 10.0 Å². The van der Waals surface area contributed by atoms with Crippen molar-refractivity contribution in [1.29, 1.82) is 0 Å². The molecule has 1 saturated heterocycles. The Kier molecular flexibility index (Phi) is 5.08. The number of hydrogen-bond acceptors (Lipinski definition) is 5. The van der Waals surface area contributed by atoms with Crippen molar-refractivity contribution in [3.8, 4) is 11.3 Å². The van der Waals surface area contributed by atoms with E-state index in [1.165, 1.54) is 22.5 Å². The van der Waals surface area contributed by atoms with Gasteiger partial charge < -0.3 is 9.84 Å². The van der Waals surface area contributed by atoms with Gasteiger partial charge in [-0.05, 0) is 31.2 Å². The van der Waals surface area contributed by atoms with Crippen LogP contribution in [0.3, 0.4) is 0 Å². The van der Waals surface area contributed by atoms with Crippen LogP contribution in [0, 0.1) is 6.92 Å². The Morgan fingerprint density at radius 3 is 2.41 bits per heavy atom. The summed E-state index contributed by atoms with van der Waals surface area (Å²) >= 11 is 0. The van der Waals surface area contributed by atoms with E-state index in [0.29, 0.717) is 29.8 Å². The predicted molar refractivity (Wildman–Crippen MR) is 108 cm³/mol. The summed E-state index contributed by atoms with van der Waals surface area (Å²) in [5.74, 6) is -1.13. The lowest BCUT2D eigenvalue weighted by Crippen LogP contribution is -2.40. The highest BCUT2D eigenvalue weighted by Crippen LogP contribution is 2.28. The minimum absolute atomic E-state index is 0.0182. The van der Waals surface area contributed by atoms with Gasteiger partial charge in [-0.15, -0.1) is 0 Å². The molecule has 7 nitrogen and oxygen atoms in total. The maximum Gasteiger partial charge on any atom is 0.336 e. The minimum Gasteiger partial charge on any atom is -0.478 e. The van der Waals surface area contributed by atoms with Crippen LogP contribution in [0.1, 0.15) is 15.9 Å². The van der Waals surface area contributed by atoms with Gasteiger partial charge in [-0.25, -0.2) is 18.2 Å². The fraction of sp³-hybridized carbons (Fsp3) is 0.238. The molecule has 0 aliphatic carbocycles. The molecule has 0 unspecified atom stereocenters. The van der Waals surface area contributed by atoms with Crippen molar-refractivity contribution in [3.05, 3.63) is 59.7 Å². The van der Waals surface area contributed by atoms with Crippen molar-refractivity contribution in [2.75, 3.05) is 26.3 Å². The number of nitrogens with zero attached hydrogens (tertiary/aromatic N) is 2. The van der Waals surface area contributed by atoms with Crippen LogP contribution in [0.4, 0.5) is 0 Å². The number of pyridine rings is 1. The van der Waals surface area contributed by atoms with Crippen molar-refractivity contribution < 1.29 is 23.1 Å². The maximum absolute atomic E-state index is 12.9. The summed E-state index contributed by atoms with van der Waals surface area (Å²) in [6.07, 6.45) is 0. The van der Waals surface area contributed by atoms with E-state index < -0.39 is 16.0 Å². The lowest BCUT2D eigenvalue weighted by Gasteiger charge is -2.26. The van der Waals surface area contributed by atoms with Crippen LogP contribution in [0.15, 0.2) is 53.4 Å². The van der Waals surface area contributed by atoms with Crippen LogP contribution >= 0.6 is 0 Å². The molecule has 1 aliphatic rings. The summed E-state index contributed by atoms with van der Waals surface area (Å²) in [6, 6.07) is 13.5. The molecule has 8 heteroatoms. The number of aromatic nitrogens is 1. The Bertz CT molecular complexity index is 1180. The molecule has 0 atom stereocenters. The standard InChI is InChI=1S/C21H20N2O5S/c1-14-2-4-15(5-3-14)20-13-18(21(24)25)17-12-16(6-7-19(17)22-20)29(26,27)23-8-10-28-11-9-23/h2-7,12-13H,8-11H2,1H3,(H,24,25). The van der Waals surface area contributed by atoms with Gasteiger partial charge in [0.1, 0.15) is 0 Å². The first kappa shape index (κ1) is 19.5.